The molecule has 1 aromatic heterocycles. The topological polar surface area (TPSA) is 59.3 Å². The minimum absolute atomic E-state index is 0.313. The van der Waals surface area contributed by atoms with E-state index >= 15 is 0 Å². The van der Waals surface area contributed by atoms with Gasteiger partial charge in [-0.3, -0.25) is 9.59 Å². The molecule has 6 heteroatoms. The standard InChI is InChI=1S/C20H11ClFNO3/c21-17-4-1-11(10-24)7-16(17)19-6-3-13(26-19)9-15-14-8-12(22)2-5-18(14)23-20(15)25/h1-10H,(H,23,25)/b15-9+. The number of furan rings is 1. The summed E-state index contributed by atoms with van der Waals surface area (Å²) in [6, 6.07) is 12.3. The number of hydrogen-bond acceptors (Lipinski definition) is 3. The summed E-state index contributed by atoms with van der Waals surface area (Å²) in [7, 11) is 0. The van der Waals surface area contributed by atoms with E-state index in [2.05, 4.69) is 5.32 Å². The molecule has 3 aromatic rings. The van der Waals surface area contributed by atoms with Crippen LogP contribution in [-0.2, 0) is 4.79 Å². The second kappa shape index (κ2) is 6.28. The van der Waals surface area contributed by atoms with E-state index in [0.29, 0.717) is 44.5 Å². The zero-order valence-electron chi connectivity index (χ0n) is 13.3. The number of carbonyl (C=O) groups excluding carboxylic acids is 2. The monoisotopic (exact) mass is 367 g/mol. The Morgan fingerprint density at radius 3 is 2.69 bits per heavy atom. The number of rotatable bonds is 3. The van der Waals surface area contributed by atoms with E-state index in [0.717, 1.165) is 6.29 Å². The summed E-state index contributed by atoms with van der Waals surface area (Å²) >= 11 is 6.18. The fourth-order valence-corrected chi connectivity index (χ4v) is 3.04. The Morgan fingerprint density at radius 1 is 1.04 bits per heavy atom. The largest absolute Gasteiger partial charge is 0.457 e. The molecule has 0 fully saturated rings. The van der Waals surface area contributed by atoms with E-state index in [1.54, 1.807) is 36.4 Å². The van der Waals surface area contributed by atoms with E-state index < -0.39 is 5.82 Å². The average molecular weight is 368 g/mol. The zero-order chi connectivity index (χ0) is 18.3. The average Bonchev–Trinajstić information content (AvgIpc) is 3.21. The van der Waals surface area contributed by atoms with E-state index in [4.69, 9.17) is 16.0 Å². The smallest absolute Gasteiger partial charge is 0.256 e. The van der Waals surface area contributed by atoms with Gasteiger partial charge in [0.25, 0.3) is 5.91 Å². The fraction of sp³-hybridized carbons (Fsp3) is 0. The van der Waals surface area contributed by atoms with Crippen molar-refractivity contribution in [3.8, 4) is 11.3 Å². The highest BCUT2D eigenvalue weighted by Crippen LogP contribution is 2.35. The summed E-state index contributed by atoms with van der Waals surface area (Å²) in [6.07, 6.45) is 2.27. The Kier molecular flexibility index (Phi) is 3.93. The van der Waals surface area contributed by atoms with Crippen LogP contribution in [0.15, 0.2) is 52.9 Å². The molecule has 0 unspecified atom stereocenters. The number of aldehydes is 1. The molecule has 2 heterocycles. The van der Waals surface area contributed by atoms with Gasteiger partial charge in [0, 0.05) is 22.4 Å². The van der Waals surface area contributed by atoms with Gasteiger partial charge in [0.1, 0.15) is 23.6 Å². The van der Waals surface area contributed by atoms with Crippen LogP contribution in [0.5, 0.6) is 0 Å². The van der Waals surface area contributed by atoms with E-state index in [1.807, 2.05) is 0 Å². The molecule has 0 saturated carbocycles. The SMILES string of the molecule is O=Cc1ccc(Cl)c(-c2ccc(/C=C3/C(=O)Nc4ccc(F)cc43)o2)c1. The Bertz CT molecular complexity index is 1080. The molecule has 1 aliphatic heterocycles. The lowest BCUT2D eigenvalue weighted by atomic mass is 10.1. The number of anilines is 1. The first-order valence-electron chi connectivity index (χ1n) is 7.73. The van der Waals surface area contributed by atoms with Gasteiger partial charge in [0.15, 0.2) is 0 Å². The number of amides is 1. The number of hydrogen-bond donors (Lipinski definition) is 1. The zero-order valence-corrected chi connectivity index (χ0v) is 14.0. The van der Waals surface area contributed by atoms with Crippen LogP contribution in [0, 0.1) is 5.82 Å². The maximum atomic E-state index is 13.5. The first-order chi connectivity index (χ1) is 12.5. The summed E-state index contributed by atoms with van der Waals surface area (Å²) in [5.74, 6) is 0.117. The molecule has 0 radical (unpaired) electrons. The minimum atomic E-state index is -0.427. The van der Waals surface area contributed by atoms with Gasteiger partial charge in [0.05, 0.1) is 10.6 Å². The second-order valence-electron chi connectivity index (χ2n) is 5.76. The second-order valence-corrected chi connectivity index (χ2v) is 6.17. The van der Waals surface area contributed by atoms with Crippen molar-refractivity contribution in [2.45, 2.75) is 0 Å². The van der Waals surface area contributed by atoms with Crippen molar-refractivity contribution in [2.24, 2.45) is 0 Å². The lowest BCUT2D eigenvalue weighted by Gasteiger charge is -2.01. The van der Waals surface area contributed by atoms with Crippen molar-refractivity contribution in [1.29, 1.82) is 0 Å². The van der Waals surface area contributed by atoms with Crippen LogP contribution in [0.1, 0.15) is 21.7 Å². The van der Waals surface area contributed by atoms with Crippen LogP contribution in [-0.4, -0.2) is 12.2 Å². The number of fused-ring (bicyclic) bond motifs is 1. The molecule has 0 aliphatic carbocycles. The molecular weight excluding hydrogens is 357 g/mol. The molecule has 4 nitrogen and oxygen atoms in total. The third-order valence-corrected chi connectivity index (χ3v) is 4.40. The Hall–Kier alpha value is -3.18. The minimum Gasteiger partial charge on any atom is -0.457 e. The highest BCUT2D eigenvalue weighted by Gasteiger charge is 2.25. The van der Waals surface area contributed by atoms with Gasteiger partial charge in [-0.05, 0) is 48.5 Å². The summed E-state index contributed by atoms with van der Waals surface area (Å²) in [5.41, 5.74) is 2.39. The third-order valence-electron chi connectivity index (χ3n) is 4.07. The molecule has 0 atom stereocenters. The maximum absolute atomic E-state index is 13.5. The lowest BCUT2D eigenvalue weighted by molar-refractivity contribution is -0.110. The predicted molar refractivity (Wildman–Crippen MR) is 97.4 cm³/mol. The normalized spacial score (nSPS) is 14.4. The fourth-order valence-electron chi connectivity index (χ4n) is 2.83. The van der Waals surface area contributed by atoms with Crippen LogP contribution < -0.4 is 5.32 Å². The number of benzene rings is 2. The molecule has 26 heavy (non-hydrogen) atoms. The maximum Gasteiger partial charge on any atom is 0.256 e. The quantitative estimate of drug-likeness (QED) is 0.521. The molecule has 0 spiro atoms. The molecular formula is C20H11ClFNO3. The highest BCUT2D eigenvalue weighted by molar-refractivity contribution is 6.35. The molecule has 1 N–H and O–H groups in total. The summed E-state index contributed by atoms with van der Waals surface area (Å²) < 4.78 is 19.3. The van der Waals surface area contributed by atoms with Crippen LogP contribution in [0.25, 0.3) is 23.0 Å². The summed E-state index contributed by atoms with van der Waals surface area (Å²) in [5, 5.41) is 3.12. The molecule has 0 saturated heterocycles. The van der Waals surface area contributed by atoms with Gasteiger partial charge in [-0.15, -0.1) is 0 Å². The molecule has 1 aliphatic rings. The Morgan fingerprint density at radius 2 is 1.88 bits per heavy atom. The van der Waals surface area contributed by atoms with Crippen LogP contribution in [0.2, 0.25) is 5.02 Å². The highest BCUT2D eigenvalue weighted by atomic mass is 35.5. The van der Waals surface area contributed by atoms with Crippen molar-refractivity contribution in [2.75, 3.05) is 5.32 Å². The summed E-state index contributed by atoms with van der Waals surface area (Å²) in [6.45, 7) is 0. The Balaban J connectivity index is 1.74. The van der Waals surface area contributed by atoms with E-state index in [1.165, 1.54) is 18.2 Å². The van der Waals surface area contributed by atoms with Crippen LogP contribution >= 0.6 is 11.6 Å². The third kappa shape index (κ3) is 2.82. The van der Waals surface area contributed by atoms with Crippen molar-refractivity contribution in [3.05, 3.63) is 76.3 Å². The number of carbonyl (C=O) groups is 2. The van der Waals surface area contributed by atoms with Gasteiger partial charge in [0.2, 0.25) is 0 Å². The molecule has 128 valence electrons. The summed E-state index contributed by atoms with van der Waals surface area (Å²) in [4.78, 5) is 23.1. The van der Waals surface area contributed by atoms with Crippen LogP contribution in [0.4, 0.5) is 10.1 Å². The van der Waals surface area contributed by atoms with Crippen molar-refractivity contribution >= 4 is 41.1 Å². The van der Waals surface area contributed by atoms with Crippen molar-refractivity contribution in [1.82, 2.24) is 0 Å². The van der Waals surface area contributed by atoms with Gasteiger partial charge >= 0.3 is 0 Å². The van der Waals surface area contributed by atoms with Gasteiger partial charge in [-0.2, -0.15) is 0 Å². The van der Waals surface area contributed by atoms with Gasteiger partial charge < -0.3 is 9.73 Å². The first kappa shape index (κ1) is 16.3. The van der Waals surface area contributed by atoms with Gasteiger partial charge in [-0.1, -0.05) is 17.7 Å². The first-order valence-corrected chi connectivity index (χ1v) is 8.11. The van der Waals surface area contributed by atoms with Crippen LogP contribution in [0.3, 0.4) is 0 Å². The predicted octanol–water partition coefficient (Wildman–Crippen LogP) is 5.04. The molecule has 2 aromatic carbocycles. The molecule has 1 amide bonds. The van der Waals surface area contributed by atoms with Crippen molar-refractivity contribution < 1.29 is 18.4 Å². The van der Waals surface area contributed by atoms with Crippen molar-refractivity contribution in [3.63, 3.8) is 0 Å². The Labute approximate surface area is 152 Å². The lowest BCUT2D eigenvalue weighted by Crippen LogP contribution is -2.03. The van der Waals surface area contributed by atoms with Gasteiger partial charge in [-0.25, -0.2) is 4.39 Å². The van der Waals surface area contributed by atoms with E-state index in [9.17, 15) is 14.0 Å². The number of nitrogens with one attached hydrogen (secondary N) is 1. The molecule has 0 bridgehead atoms. The number of halogens is 2. The van der Waals surface area contributed by atoms with E-state index in [-0.39, 0.29) is 5.91 Å². The molecule has 4 rings (SSSR count).